The fraction of sp³-hybridized carbons (Fsp3) is 0.583. The number of aliphatic hydroxyl groups is 1. The summed E-state index contributed by atoms with van der Waals surface area (Å²) in [5.41, 5.74) is 6.35. The number of nitrogen functional groups attached to an aromatic ring is 1. The fourth-order valence-corrected chi connectivity index (χ4v) is 2.81. The van der Waals surface area contributed by atoms with E-state index in [4.69, 9.17) is 5.73 Å². The molecule has 0 aromatic carbocycles. The SMILES string of the molecule is CN(c1nc(N)nc2[nH]ncc12)C1CCCCC1O. The quantitative estimate of drug-likeness (QED) is 0.735. The molecular formula is C12H18N6O. The number of aromatic amines is 1. The molecule has 1 aliphatic carbocycles. The van der Waals surface area contributed by atoms with Crippen LogP contribution in [0.2, 0.25) is 0 Å². The summed E-state index contributed by atoms with van der Waals surface area (Å²) >= 11 is 0. The molecule has 3 rings (SSSR count). The van der Waals surface area contributed by atoms with E-state index in [0.29, 0.717) is 5.65 Å². The van der Waals surface area contributed by atoms with E-state index >= 15 is 0 Å². The van der Waals surface area contributed by atoms with Crippen LogP contribution in [0, 0.1) is 0 Å². The van der Waals surface area contributed by atoms with Gasteiger partial charge in [0.25, 0.3) is 0 Å². The van der Waals surface area contributed by atoms with Crippen LogP contribution in [0.4, 0.5) is 11.8 Å². The Bertz CT molecular complexity index is 583. The van der Waals surface area contributed by atoms with Gasteiger partial charge >= 0.3 is 0 Å². The first-order valence-corrected chi connectivity index (χ1v) is 6.54. The number of hydrogen-bond acceptors (Lipinski definition) is 6. The average Bonchev–Trinajstić information content (AvgIpc) is 2.85. The second-order valence-corrected chi connectivity index (χ2v) is 5.07. The van der Waals surface area contributed by atoms with E-state index in [0.717, 1.165) is 36.9 Å². The van der Waals surface area contributed by atoms with Gasteiger partial charge in [0, 0.05) is 7.05 Å². The predicted molar refractivity (Wildman–Crippen MR) is 72.8 cm³/mol. The topological polar surface area (TPSA) is 104 Å². The molecule has 102 valence electrons. The summed E-state index contributed by atoms with van der Waals surface area (Å²) in [6.45, 7) is 0. The van der Waals surface area contributed by atoms with Gasteiger partial charge in [0.05, 0.1) is 23.7 Å². The maximum Gasteiger partial charge on any atom is 0.224 e. The Morgan fingerprint density at radius 1 is 1.37 bits per heavy atom. The Morgan fingerprint density at radius 3 is 2.95 bits per heavy atom. The maximum absolute atomic E-state index is 10.2. The van der Waals surface area contributed by atoms with Crippen LogP contribution >= 0.6 is 0 Å². The minimum Gasteiger partial charge on any atom is -0.391 e. The van der Waals surface area contributed by atoms with Gasteiger partial charge in [-0.2, -0.15) is 15.1 Å². The van der Waals surface area contributed by atoms with E-state index in [1.165, 1.54) is 0 Å². The highest BCUT2D eigenvalue weighted by Gasteiger charge is 2.28. The van der Waals surface area contributed by atoms with Crippen LogP contribution in [0.15, 0.2) is 6.20 Å². The zero-order valence-corrected chi connectivity index (χ0v) is 10.9. The number of nitrogens with one attached hydrogen (secondary N) is 1. The third-order valence-electron chi connectivity index (χ3n) is 3.83. The lowest BCUT2D eigenvalue weighted by molar-refractivity contribution is 0.106. The van der Waals surface area contributed by atoms with Crippen molar-refractivity contribution < 1.29 is 5.11 Å². The smallest absolute Gasteiger partial charge is 0.224 e. The Labute approximate surface area is 110 Å². The number of aliphatic hydroxyl groups excluding tert-OH is 1. The molecule has 7 nitrogen and oxygen atoms in total. The van der Waals surface area contributed by atoms with Crippen LogP contribution in [0.5, 0.6) is 0 Å². The molecule has 1 aliphatic rings. The highest BCUT2D eigenvalue weighted by Crippen LogP contribution is 2.29. The highest BCUT2D eigenvalue weighted by molar-refractivity contribution is 5.87. The number of anilines is 2. The molecule has 0 amide bonds. The van der Waals surface area contributed by atoms with Crippen molar-refractivity contribution >= 4 is 22.8 Å². The van der Waals surface area contributed by atoms with E-state index < -0.39 is 0 Å². The molecule has 2 aromatic heterocycles. The number of rotatable bonds is 2. The summed E-state index contributed by atoms with van der Waals surface area (Å²) < 4.78 is 0. The van der Waals surface area contributed by atoms with Crippen molar-refractivity contribution in [2.45, 2.75) is 37.8 Å². The Balaban J connectivity index is 2.00. The van der Waals surface area contributed by atoms with Gasteiger partial charge in [-0.25, -0.2) is 0 Å². The molecule has 0 bridgehead atoms. The van der Waals surface area contributed by atoms with Crippen LogP contribution in [0.1, 0.15) is 25.7 Å². The molecule has 2 heterocycles. The lowest BCUT2D eigenvalue weighted by Crippen LogP contribution is -2.44. The molecule has 0 spiro atoms. The van der Waals surface area contributed by atoms with Crippen molar-refractivity contribution in [3.63, 3.8) is 0 Å². The fourth-order valence-electron chi connectivity index (χ4n) is 2.81. The molecule has 2 atom stereocenters. The molecule has 0 saturated heterocycles. The first kappa shape index (κ1) is 12.2. The number of fused-ring (bicyclic) bond motifs is 1. The van der Waals surface area contributed by atoms with Gasteiger partial charge in [-0.3, -0.25) is 5.10 Å². The van der Waals surface area contributed by atoms with Crippen molar-refractivity contribution in [2.75, 3.05) is 17.7 Å². The lowest BCUT2D eigenvalue weighted by Gasteiger charge is -2.36. The first-order valence-electron chi connectivity index (χ1n) is 6.54. The zero-order valence-electron chi connectivity index (χ0n) is 10.9. The molecule has 7 heteroatoms. The zero-order chi connectivity index (χ0) is 13.4. The molecule has 4 N–H and O–H groups in total. The number of aromatic nitrogens is 4. The number of hydrogen-bond donors (Lipinski definition) is 3. The summed E-state index contributed by atoms with van der Waals surface area (Å²) in [5.74, 6) is 0.936. The number of nitrogens with two attached hydrogens (primary N) is 1. The number of likely N-dealkylation sites (N-methyl/N-ethyl adjacent to an activating group) is 1. The van der Waals surface area contributed by atoms with Crippen molar-refractivity contribution in [1.82, 2.24) is 20.2 Å². The van der Waals surface area contributed by atoms with Gasteiger partial charge in [0.1, 0.15) is 5.82 Å². The van der Waals surface area contributed by atoms with E-state index in [1.807, 2.05) is 11.9 Å². The molecule has 2 unspecified atom stereocenters. The molecule has 1 saturated carbocycles. The largest absolute Gasteiger partial charge is 0.391 e. The second kappa shape index (κ2) is 4.65. The molecular weight excluding hydrogens is 244 g/mol. The van der Waals surface area contributed by atoms with Crippen molar-refractivity contribution in [2.24, 2.45) is 0 Å². The molecule has 2 aromatic rings. The van der Waals surface area contributed by atoms with Crippen LogP contribution in [0.3, 0.4) is 0 Å². The highest BCUT2D eigenvalue weighted by atomic mass is 16.3. The van der Waals surface area contributed by atoms with Gasteiger partial charge in [-0.1, -0.05) is 12.8 Å². The van der Waals surface area contributed by atoms with Crippen LogP contribution in [0.25, 0.3) is 11.0 Å². The van der Waals surface area contributed by atoms with E-state index in [-0.39, 0.29) is 18.1 Å². The molecule has 1 fully saturated rings. The third-order valence-corrected chi connectivity index (χ3v) is 3.83. The predicted octanol–water partition coefficient (Wildman–Crippen LogP) is 0.675. The maximum atomic E-state index is 10.2. The number of H-pyrrole nitrogens is 1. The Kier molecular flexibility index (Phi) is 2.98. The van der Waals surface area contributed by atoms with E-state index in [2.05, 4.69) is 20.2 Å². The summed E-state index contributed by atoms with van der Waals surface area (Å²) in [7, 11) is 1.94. The summed E-state index contributed by atoms with van der Waals surface area (Å²) in [6.07, 6.45) is 5.37. The van der Waals surface area contributed by atoms with Crippen molar-refractivity contribution in [3.05, 3.63) is 6.20 Å². The summed E-state index contributed by atoms with van der Waals surface area (Å²) in [4.78, 5) is 10.4. The minimum atomic E-state index is -0.322. The molecule has 0 aliphatic heterocycles. The van der Waals surface area contributed by atoms with Crippen LogP contribution in [-0.4, -0.2) is 44.5 Å². The lowest BCUT2D eigenvalue weighted by atomic mass is 9.91. The average molecular weight is 262 g/mol. The minimum absolute atomic E-state index is 0.0705. The van der Waals surface area contributed by atoms with Gasteiger partial charge < -0.3 is 15.7 Å². The van der Waals surface area contributed by atoms with Crippen molar-refractivity contribution in [1.29, 1.82) is 0 Å². The first-order chi connectivity index (χ1) is 9.16. The van der Waals surface area contributed by atoms with Gasteiger partial charge in [-0.05, 0) is 12.8 Å². The van der Waals surface area contributed by atoms with Crippen molar-refractivity contribution in [3.8, 4) is 0 Å². The van der Waals surface area contributed by atoms with Gasteiger partial charge in [0.15, 0.2) is 5.65 Å². The van der Waals surface area contributed by atoms with Gasteiger partial charge in [0.2, 0.25) is 5.95 Å². The monoisotopic (exact) mass is 262 g/mol. The van der Waals surface area contributed by atoms with E-state index in [1.54, 1.807) is 6.20 Å². The normalized spacial score (nSPS) is 23.7. The molecule has 0 radical (unpaired) electrons. The van der Waals surface area contributed by atoms with Crippen LogP contribution in [-0.2, 0) is 0 Å². The third kappa shape index (κ3) is 2.10. The van der Waals surface area contributed by atoms with E-state index in [9.17, 15) is 5.11 Å². The number of nitrogens with zero attached hydrogens (tertiary/aromatic N) is 4. The standard InChI is InChI=1S/C12H18N6O/c1-18(8-4-2-3-5-9(8)19)11-7-6-14-17-10(7)15-12(13)16-11/h6,8-9,19H,2-5H2,1H3,(H3,13,14,15,16,17). The summed E-state index contributed by atoms with van der Waals surface area (Å²) in [6, 6.07) is 0.0705. The molecule has 19 heavy (non-hydrogen) atoms. The Morgan fingerprint density at radius 2 is 2.16 bits per heavy atom. The van der Waals surface area contributed by atoms with Crippen LogP contribution < -0.4 is 10.6 Å². The Hall–Kier alpha value is -1.89. The second-order valence-electron chi connectivity index (χ2n) is 5.07. The summed E-state index contributed by atoms with van der Waals surface area (Å²) in [5, 5.41) is 17.8. The van der Waals surface area contributed by atoms with Gasteiger partial charge in [-0.15, -0.1) is 0 Å².